The van der Waals surface area contributed by atoms with Crippen molar-refractivity contribution in [1.29, 1.82) is 0 Å². The van der Waals surface area contributed by atoms with E-state index in [1.165, 1.54) is 10.9 Å². The van der Waals surface area contributed by atoms with Gasteiger partial charge in [0.1, 0.15) is 5.75 Å². The van der Waals surface area contributed by atoms with E-state index in [4.69, 9.17) is 4.74 Å². The zero-order chi connectivity index (χ0) is 22.3. The second kappa shape index (κ2) is 10.1. The lowest BCUT2D eigenvalue weighted by Crippen LogP contribution is -2.27. The van der Waals surface area contributed by atoms with Gasteiger partial charge in [-0.05, 0) is 47.4 Å². The molecule has 1 amide bonds. The summed E-state index contributed by atoms with van der Waals surface area (Å²) in [4.78, 5) is 20.7. The molecule has 2 heterocycles. The number of aromatic amines is 1. The third kappa shape index (κ3) is 4.83. The lowest BCUT2D eigenvalue weighted by atomic mass is 9.87. The van der Waals surface area contributed by atoms with E-state index < -0.39 is 0 Å². The van der Waals surface area contributed by atoms with Gasteiger partial charge in [0.05, 0.1) is 7.11 Å². The maximum atomic E-state index is 12.9. The van der Waals surface area contributed by atoms with Crippen molar-refractivity contribution in [3.8, 4) is 5.75 Å². The quantitative estimate of drug-likeness (QED) is 0.394. The van der Waals surface area contributed by atoms with E-state index in [1.807, 2.05) is 42.5 Å². The van der Waals surface area contributed by atoms with E-state index in [1.54, 1.807) is 13.3 Å². The number of para-hydroxylation sites is 1. The summed E-state index contributed by atoms with van der Waals surface area (Å²) >= 11 is 0. The van der Waals surface area contributed by atoms with Crippen molar-refractivity contribution in [1.82, 2.24) is 15.3 Å². The number of carbonyl (C=O) groups excluding carboxylic acids is 1. The monoisotopic (exact) mass is 427 g/mol. The lowest BCUT2D eigenvalue weighted by molar-refractivity contribution is -0.121. The number of fused-ring (bicyclic) bond motifs is 1. The van der Waals surface area contributed by atoms with Crippen LogP contribution in [-0.4, -0.2) is 29.5 Å². The summed E-state index contributed by atoms with van der Waals surface area (Å²) in [5.41, 5.74) is 5.64. The largest absolute Gasteiger partial charge is 0.497 e. The number of hydrogen-bond acceptors (Lipinski definition) is 3. The minimum absolute atomic E-state index is 0.0303. The molecule has 0 unspecified atom stereocenters. The molecule has 1 atom stereocenters. The molecule has 2 aromatic carbocycles. The first-order chi connectivity index (χ1) is 15.7. The highest BCUT2D eigenvalue weighted by atomic mass is 16.5. The Morgan fingerprint density at radius 3 is 2.66 bits per heavy atom. The zero-order valence-electron chi connectivity index (χ0n) is 18.6. The van der Waals surface area contributed by atoms with Crippen LogP contribution in [0.3, 0.4) is 0 Å². The van der Waals surface area contributed by atoms with Crippen LogP contribution in [-0.2, 0) is 17.6 Å². The highest BCUT2D eigenvalue weighted by molar-refractivity contribution is 5.88. The Morgan fingerprint density at radius 2 is 1.94 bits per heavy atom. The number of aromatic nitrogens is 2. The van der Waals surface area contributed by atoms with Crippen LogP contribution in [0.1, 0.15) is 41.6 Å². The summed E-state index contributed by atoms with van der Waals surface area (Å²) in [7, 11) is 1.66. The molecule has 5 nitrogen and oxygen atoms in total. The number of carbonyl (C=O) groups is 1. The van der Waals surface area contributed by atoms with E-state index in [-0.39, 0.29) is 11.8 Å². The van der Waals surface area contributed by atoms with Gasteiger partial charge in [0, 0.05) is 54.3 Å². The molecule has 0 radical (unpaired) electrons. The minimum atomic E-state index is -0.0587. The smallest absolute Gasteiger partial charge is 0.220 e. The minimum Gasteiger partial charge on any atom is -0.497 e. The van der Waals surface area contributed by atoms with Crippen molar-refractivity contribution in [3.05, 3.63) is 95.4 Å². The Hall–Kier alpha value is -3.60. The standard InChI is InChI=1S/C27H29N3O2/c1-3-19-7-6-9-23-25(18-30-27(19)23)24(20-10-12-22(32-2)13-11-20)17-26(31)29-16-14-21-8-4-5-15-28-21/h4-13,15,18,24,30H,3,14,16-17H2,1-2H3,(H,29,31)/t24-/m0/s1. The molecule has 0 aliphatic rings. The van der Waals surface area contributed by atoms with Crippen molar-refractivity contribution in [2.24, 2.45) is 0 Å². The summed E-state index contributed by atoms with van der Waals surface area (Å²) in [6.45, 7) is 2.73. The van der Waals surface area contributed by atoms with Crippen LogP contribution < -0.4 is 10.1 Å². The summed E-state index contributed by atoms with van der Waals surface area (Å²) in [5.74, 6) is 0.777. The number of nitrogens with zero attached hydrogens (tertiary/aromatic N) is 1. The molecule has 4 aromatic rings. The molecule has 0 bridgehead atoms. The molecular formula is C27H29N3O2. The van der Waals surface area contributed by atoms with Gasteiger partial charge >= 0.3 is 0 Å². The van der Waals surface area contributed by atoms with Crippen LogP contribution in [0, 0.1) is 0 Å². The third-order valence-electron chi connectivity index (χ3n) is 5.93. The summed E-state index contributed by atoms with van der Waals surface area (Å²) < 4.78 is 5.33. The molecule has 0 saturated heterocycles. The van der Waals surface area contributed by atoms with Gasteiger partial charge < -0.3 is 15.0 Å². The van der Waals surface area contributed by atoms with Gasteiger partial charge in [-0.25, -0.2) is 0 Å². The van der Waals surface area contributed by atoms with E-state index in [0.717, 1.165) is 34.5 Å². The average molecular weight is 428 g/mol. The molecule has 2 aromatic heterocycles. The summed E-state index contributed by atoms with van der Waals surface area (Å²) in [6.07, 6.45) is 5.88. The molecule has 0 spiro atoms. The van der Waals surface area contributed by atoms with Crippen molar-refractivity contribution >= 4 is 16.8 Å². The molecular weight excluding hydrogens is 398 g/mol. The van der Waals surface area contributed by atoms with E-state index >= 15 is 0 Å². The van der Waals surface area contributed by atoms with Gasteiger partial charge in [-0.1, -0.05) is 43.3 Å². The number of aryl methyl sites for hydroxylation is 1. The maximum Gasteiger partial charge on any atom is 0.220 e. The fourth-order valence-electron chi connectivity index (χ4n) is 4.20. The molecule has 4 rings (SSSR count). The first-order valence-corrected chi connectivity index (χ1v) is 11.1. The summed E-state index contributed by atoms with van der Waals surface area (Å²) in [6, 6.07) is 20.2. The van der Waals surface area contributed by atoms with Crippen LogP contribution in [0.25, 0.3) is 10.9 Å². The van der Waals surface area contributed by atoms with Gasteiger partial charge in [0.15, 0.2) is 0 Å². The fourth-order valence-corrected chi connectivity index (χ4v) is 4.20. The Balaban J connectivity index is 1.57. The number of ether oxygens (including phenoxy) is 1. The van der Waals surface area contributed by atoms with Crippen molar-refractivity contribution in [2.45, 2.75) is 32.1 Å². The van der Waals surface area contributed by atoms with Gasteiger partial charge in [-0.2, -0.15) is 0 Å². The number of benzene rings is 2. The van der Waals surface area contributed by atoms with Crippen molar-refractivity contribution in [3.63, 3.8) is 0 Å². The first-order valence-electron chi connectivity index (χ1n) is 11.1. The normalized spacial score (nSPS) is 11.9. The number of methoxy groups -OCH3 is 1. The number of nitrogens with one attached hydrogen (secondary N) is 2. The lowest BCUT2D eigenvalue weighted by Gasteiger charge is -2.18. The number of hydrogen-bond donors (Lipinski definition) is 2. The molecule has 0 fully saturated rings. The Morgan fingerprint density at radius 1 is 1.09 bits per heavy atom. The van der Waals surface area contributed by atoms with Gasteiger partial charge in [-0.15, -0.1) is 0 Å². The van der Waals surface area contributed by atoms with Crippen LogP contribution >= 0.6 is 0 Å². The molecule has 0 aliphatic carbocycles. The fraction of sp³-hybridized carbons (Fsp3) is 0.259. The average Bonchev–Trinajstić information content (AvgIpc) is 3.27. The second-order valence-electron chi connectivity index (χ2n) is 7.89. The topological polar surface area (TPSA) is 67.0 Å². The Labute approximate surface area is 188 Å². The van der Waals surface area contributed by atoms with Gasteiger partial charge in [-0.3, -0.25) is 9.78 Å². The molecule has 32 heavy (non-hydrogen) atoms. The molecule has 2 N–H and O–H groups in total. The van der Waals surface area contributed by atoms with Crippen LogP contribution in [0.15, 0.2) is 73.1 Å². The number of H-pyrrole nitrogens is 1. The maximum absolute atomic E-state index is 12.9. The van der Waals surface area contributed by atoms with Gasteiger partial charge in [0.25, 0.3) is 0 Å². The second-order valence-corrected chi connectivity index (χ2v) is 7.89. The SMILES string of the molecule is CCc1cccc2c([C@@H](CC(=O)NCCc3ccccn3)c3ccc(OC)cc3)c[nH]c12. The van der Waals surface area contributed by atoms with E-state index in [0.29, 0.717) is 19.4 Å². The number of pyridine rings is 1. The van der Waals surface area contributed by atoms with Crippen molar-refractivity contribution in [2.75, 3.05) is 13.7 Å². The highest BCUT2D eigenvalue weighted by Gasteiger charge is 2.22. The first kappa shape index (κ1) is 21.6. The Kier molecular flexibility index (Phi) is 6.85. The van der Waals surface area contributed by atoms with Crippen LogP contribution in [0.5, 0.6) is 5.75 Å². The Bertz CT molecular complexity index is 1170. The van der Waals surface area contributed by atoms with E-state index in [9.17, 15) is 4.79 Å². The predicted molar refractivity (Wildman–Crippen MR) is 128 cm³/mol. The highest BCUT2D eigenvalue weighted by Crippen LogP contribution is 2.35. The van der Waals surface area contributed by atoms with E-state index in [2.05, 4.69) is 46.6 Å². The number of rotatable bonds is 9. The molecule has 164 valence electrons. The summed E-state index contributed by atoms with van der Waals surface area (Å²) in [5, 5.41) is 4.25. The molecule has 0 aliphatic heterocycles. The molecule has 0 saturated carbocycles. The predicted octanol–water partition coefficient (Wildman–Crippen LogP) is 5.01. The van der Waals surface area contributed by atoms with Crippen molar-refractivity contribution < 1.29 is 9.53 Å². The number of amides is 1. The molecule has 5 heteroatoms. The zero-order valence-corrected chi connectivity index (χ0v) is 18.6. The van der Waals surface area contributed by atoms with Crippen LogP contribution in [0.4, 0.5) is 0 Å². The van der Waals surface area contributed by atoms with Gasteiger partial charge in [0.2, 0.25) is 5.91 Å². The third-order valence-corrected chi connectivity index (χ3v) is 5.93. The van der Waals surface area contributed by atoms with Crippen LogP contribution in [0.2, 0.25) is 0 Å².